The number of anilines is 1. The molecular formula is C26H20ClN3O3S. The second-order valence-corrected chi connectivity index (χ2v) is 10.0. The Morgan fingerprint density at radius 1 is 1.09 bits per heavy atom. The number of carbonyl (C=O) groups is 1. The number of sulfone groups is 1. The van der Waals surface area contributed by atoms with Gasteiger partial charge in [0.1, 0.15) is 11.0 Å². The number of nitriles is 1. The van der Waals surface area contributed by atoms with Crippen molar-refractivity contribution in [3.63, 3.8) is 0 Å². The summed E-state index contributed by atoms with van der Waals surface area (Å²) in [4.78, 5) is 10.8. The average Bonchev–Trinajstić information content (AvgIpc) is 3.14. The van der Waals surface area contributed by atoms with Gasteiger partial charge in [-0.25, -0.2) is 8.42 Å². The van der Waals surface area contributed by atoms with E-state index < -0.39 is 9.84 Å². The molecule has 0 fully saturated rings. The number of benzene rings is 3. The van der Waals surface area contributed by atoms with E-state index in [-0.39, 0.29) is 15.7 Å². The van der Waals surface area contributed by atoms with E-state index in [1.165, 1.54) is 37.3 Å². The number of fused-ring (bicyclic) bond motifs is 1. The zero-order valence-corrected chi connectivity index (χ0v) is 19.8. The molecule has 0 aliphatic carbocycles. The van der Waals surface area contributed by atoms with Gasteiger partial charge in [-0.15, -0.1) is 0 Å². The van der Waals surface area contributed by atoms with Crippen LogP contribution in [0.4, 0.5) is 5.69 Å². The SMILES string of the molecule is CC(=O)Nc1ccc(S(=O)(=O)/C(C#N)=C/c2cn(Cc3cccc(Cl)c3)c3ccccc23)cc1. The standard InChI is InChI=1S/C26H20ClN3O3S/c1-18(31)29-22-9-11-23(12-10-22)34(32,33)24(15-28)14-20-17-30(26-8-3-2-7-25(20)26)16-19-5-4-6-21(27)13-19/h2-14,17H,16H2,1H3,(H,29,31)/b24-14+. The molecule has 6 nitrogen and oxygen atoms in total. The molecule has 3 aromatic carbocycles. The lowest BCUT2D eigenvalue weighted by Gasteiger charge is -2.06. The Bertz CT molecular complexity index is 1560. The van der Waals surface area contributed by atoms with Gasteiger partial charge in [0.25, 0.3) is 0 Å². The summed E-state index contributed by atoms with van der Waals surface area (Å²) in [6, 6.07) is 22.7. The predicted octanol–water partition coefficient (Wildman–Crippen LogP) is 5.64. The molecule has 4 rings (SSSR count). The molecule has 0 spiro atoms. The predicted molar refractivity (Wildman–Crippen MR) is 134 cm³/mol. The number of nitrogens with zero attached hydrogens (tertiary/aromatic N) is 2. The highest BCUT2D eigenvalue weighted by atomic mass is 35.5. The first kappa shape index (κ1) is 23.3. The summed E-state index contributed by atoms with van der Waals surface area (Å²) >= 11 is 6.12. The van der Waals surface area contributed by atoms with Gasteiger partial charge < -0.3 is 9.88 Å². The fourth-order valence-corrected chi connectivity index (χ4v) is 5.08. The molecule has 170 valence electrons. The van der Waals surface area contributed by atoms with Crippen molar-refractivity contribution in [2.75, 3.05) is 5.32 Å². The van der Waals surface area contributed by atoms with Crippen LogP contribution >= 0.6 is 11.6 Å². The molecule has 1 aromatic heterocycles. The van der Waals surface area contributed by atoms with Crippen LogP contribution in [-0.4, -0.2) is 18.9 Å². The molecule has 0 radical (unpaired) electrons. The van der Waals surface area contributed by atoms with E-state index in [1.807, 2.05) is 59.3 Å². The number of halogens is 1. The minimum atomic E-state index is -4.06. The number of allylic oxidation sites excluding steroid dienone is 1. The van der Waals surface area contributed by atoms with Crippen LogP contribution in [0.5, 0.6) is 0 Å². The van der Waals surface area contributed by atoms with Crippen molar-refractivity contribution in [1.82, 2.24) is 4.57 Å². The van der Waals surface area contributed by atoms with Crippen LogP contribution in [0.3, 0.4) is 0 Å². The molecule has 1 N–H and O–H groups in total. The summed E-state index contributed by atoms with van der Waals surface area (Å²) in [6.45, 7) is 1.90. The number of hydrogen-bond acceptors (Lipinski definition) is 4. The van der Waals surface area contributed by atoms with Gasteiger partial charge in [0, 0.05) is 46.8 Å². The Morgan fingerprint density at radius 2 is 1.82 bits per heavy atom. The van der Waals surface area contributed by atoms with E-state index in [0.29, 0.717) is 22.8 Å². The smallest absolute Gasteiger partial charge is 0.221 e. The second kappa shape index (κ2) is 9.56. The monoisotopic (exact) mass is 489 g/mol. The van der Waals surface area contributed by atoms with Gasteiger partial charge in [-0.05, 0) is 54.1 Å². The number of para-hydroxylation sites is 1. The van der Waals surface area contributed by atoms with Crippen LogP contribution in [0.25, 0.3) is 17.0 Å². The summed E-state index contributed by atoms with van der Waals surface area (Å²) in [5, 5.41) is 13.8. The third-order valence-electron chi connectivity index (χ3n) is 5.23. The quantitative estimate of drug-likeness (QED) is 0.355. The summed E-state index contributed by atoms with van der Waals surface area (Å²) in [5.74, 6) is -0.262. The summed E-state index contributed by atoms with van der Waals surface area (Å²) < 4.78 is 28.3. The van der Waals surface area contributed by atoms with Gasteiger partial charge in [0.15, 0.2) is 0 Å². The van der Waals surface area contributed by atoms with Gasteiger partial charge in [-0.1, -0.05) is 41.9 Å². The molecule has 1 amide bonds. The maximum absolute atomic E-state index is 13.2. The van der Waals surface area contributed by atoms with Crippen molar-refractivity contribution >= 4 is 50.0 Å². The third-order valence-corrected chi connectivity index (χ3v) is 7.15. The fraction of sp³-hybridized carbons (Fsp3) is 0.0769. The lowest BCUT2D eigenvalue weighted by Crippen LogP contribution is -2.07. The normalized spacial score (nSPS) is 11.9. The number of aromatic nitrogens is 1. The highest BCUT2D eigenvalue weighted by Gasteiger charge is 2.22. The van der Waals surface area contributed by atoms with Crippen molar-refractivity contribution in [2.24, 2.45) is 0 Å². The highest BCUT2D eigenvalue weighted by molar-refractivity contribution is 7.95. The molecule has 1 heterocycles. The van der Waals surface area contributed by atoms with E-state index in [2.05, 4.69) is 5.32 Å². The molecule has 0 bridgehead atoms. The van der Waals surface area contributed by atoms with Crippen molar-refractivity contribution < 1.29 is 13.2 Å². The molecule has 0 saturated carbocycles. The molecule has 4 aromatic rings. The average molecular weight is 490 g/mol. The first-order chi connectivity index (χ1) is 16.3. The Balaban J connectivity index is 1.74. The van der Waals surface area contributed by atoms with Gasteiger partial charge in [0.2, 0.25) is 15.7 Å². The van der Waals surface area contributed by atoms with Gasteiger partial charge in [-0.3, -0.25) is 4.79 Å². The summed E-state index contributed by atoms with van der Waals surface area (Å²) in [7, 11) is -4.06. The molecule has 0 saturated heterocycles. The van der Waals surface area contributed by atoms with Crippen molar-refractivity contribution in [3.8, 4) is 6.07 Å². The van der Waals surface area contributed by atoms with Crippen molar-refractivity contribution in [1.29, 1.82) is 5.26 Å². The number of hydrogen-bond donors (Lipinski definition) is 1. The number of rotatable bonds is 6. The highest BCUT2D eigenvalue weighted by Crippen LogP contribution is 2.28. The Kier molecular flexibility index (Phi) is 6.55. The topological polar surface area (TPSA) is 92.0 Å². The van der Waals surface area contributed by atoms with Crippen LogP contribution in [0.2, 0.25) is 5.02 Å². The van der Waals surface area contributed by atoms with Gasteiger partial charge in [0.05, 0.1) is 4.90 Å². The zero-order chi connectivity index (χ0) is 24.3. The lowest BCUT2D eigenvalue weighted by molar-refractivity contribution is -0.114. The number of nitrogens with one attached hydrogen (secondary N) is 1. The van der Waals surface area contributed by atoms with E-state index >= 15 is 0 Å². The van der Waals surface area contributed by atoms with Crippen LogP contribution in [-0.2, 0) is 21.2 Å². The van der Waals surface area contributed by atoms with Crippen molar-refractivity contribution in [3.05, 3.63) is 100 Å². The Hall–Kier alpha value is -3.86. The first-order valence-electron chi connectivity index (χ1n) is 10.3. The number of amides is 1. The third kappa shape index (κ3) is 4.88. The lowest BCUT2D eigenvalue weighted by atomic mass is 10.1. The molecule has 0 aliphatic rings. The minimum absolute atomic E-state index is 0.0305. The van der Waals surface area contributed by atoms with Crippen molar-refractivity contribution in [2.45, 2.75) is 18.4 Å². The van der Waals surface area contributed by atoms with Crippen LogP contribution in [0.15, 0.2) is 88.8 Å². The maximum atomic E-state index is 13.2. The van der Waals surface area contributed by atoms with E-state index in [1.54, 1.807) is 6.07 Å². The molecule has 34 heavy (non-hydrogen) atoms. The molecular weight excluding hydrogens is 470 g/mol. The molecule has 0 aliphatic heterocycles. The second-order valence-electron chi connectivity index (χ2n) is 7.69. The first-order valence-corrected chi connectivity index (χ1v) is 12.2. The van der Waals surface area contributed by atoms with Crippen LogP contribution in [0.1, 0.15) is 18.1 Å². The van der Waals surface area contributed by atoms with E-state index in [9.17, 15) is 18.5 Å². The fourth-order valence-electron chi connectivity index (χ4n) is 3.71. The molecule has 8 heteroatoms. The minimum Gasteiger partial charge on any atom is -0.342 e. The summed E-state index contributed by atoms with van der Waals surface area (Å²) in [6.07, 6.45) is 3.23. The Morgan fingerprint density at radius 3 is 2.50 bits per heavy atom. The zero-order valence-electron chi connectivity index (χ0n) is 18.2. The number of carbonyl (C=O) groups excluding carboxylic acids is 1. The molecule has 0 atom stereocenters. The van der Waals surface area contributed by atoms with Gasteiger partial charge >= 0.3 is 0 Å². The van der Waals surface area contributed by atoms with E-state index in [0.717, 1.165) is 16.5 Å². The summed E-state index contributed by atoms with van der Waals surface area (Å²) in [5.41, 5.74) is 2.99. The molecule has 0 unspecified atom stereocenters. The van der Waals surface area contributed by atoms with Crippen LogP contribution < -0.4 is 5.32 Å². The maximum Gasteiger partial charge on any atom is 0.221 e. The van der Waals surface area contributed by atoms with Crippen LogP contribution in [0, 0.1) is 11.3 Å². The Labute approximate surface area is 202 Å². The largest absolute Gasteiger partial charge is 0.342 e. The van der Waals surface area contributed by atoms with E-state index in [4.69, 9.17) is 11.6 Å². The van der Waals surface area contributed by atoms with Gasteiger partial charge in [-0.2, -0.15) is 5.26 Å².